The number of unbranched alkanes of at least 4 members (excludes halogenated alkanes) is 10. The highest BCUT2D eigenvalue weighted by atomic mass is 16.4. The van der Waals surface area contributed by atoms with Gasteiger partial charge in [-0.25, -0.2) is 4.79 Å². The maximum atomic E-state index is 12.4. The van der Waals surface area contributed by atoms with E-state index in [9.17, 15) is 9.90 Å². The van der Waals surface area contributed by atoms with E-state index in [2.05, 4.69) is 26.0 Å². The predicted octanol–water partition coefficient (Wildman–Crippen LogP) is 8.44. The van der Waals surface area contributed by atoms with Crippen molar-refractivity contribution in [2.45, 2.75) is 109 Å². The number of hydrogen-bond donors (Lipinski definition) is 1. The van der Waals surface area contributed by atoms with Crippen LogP contribution in [0.5, 0.6) is 0 Å². The summed E-state index contributed by atoms with van der Waals surface area (Å²) >= 11 is 0. The van der Waals surface area contributed by atoms with Crippen molar-refractivity contribution in [1.82, 2.24) is 0 Å². The number of para-hydroxylation sites is 1. The smallest absolute Gasteiger partial charge is 0.412 e. The van der Waals surface area contributed by atoms with Crippen LogP contribution in [0.4, 0.5) is 10.5 Å². The molecule has 0 saturated carbocycles. The molecule has 0 spiro atoms. The molecular formula is C26H41NO2. The van der Waals surface area contributed by atoms with E-state index in [0.29, 0.717) is 0 Å². The molecule has 1 aromatic rings. The Hall–Kier alpha value is -1.77. The number of anilines is 1. The molecule has 1 aliphatic heterocycles. The van der Waals surface area contributed by atoms with E-state index in [1.54, 1.807) is 4.90 Å². The average Bonchev–Trinajstić information content (AvgIpc) is 2.72. The van der Waals surface area contributed by atoms with Crippen LogP contribution in [-0.4, -0.2) is 16.7 Å². The number of nitrogens with zero attached hydrogens (tertiary/aromatic N) is 1. The van der Waals surface area contributed by atoms with Crippen molar-refractivity contribution in [3.8, 4) is 0 Å². The molecule has 2 rings (SSSR count). The van der Waals surface area contributed by atoms with Crippen LogP contribution in [0.3, 0.4) is 0 Å². The average molecular weight is 400 g/mol. The lowest BCUT2D eigenvalue weighted by molar-refractivity contribution is 0.192. The van der Waals surface area contributed by atoms with E-state index in [1.807, 2.05) is 24.3 Å². The summed E-state index contributed by atoms with van der Waals surface area (Å²) in [4.78, 5) is 14.1. The van der Waals surface area contributed by atoms with E-state index < -0.39 is 11.6 Å². The Morgan fingerprint density at radius 2 is 1.34 bits per heavy atom. The number of benzene rings is 1. The summed E-state index contributed by atoms with van der Waals surface area (Å²) in [6, 6.07) is 7.91. The number of rotatable bonds is 14. The van der Waals surface area contributed by atoms with Crippen LogP contribution in [0.15, 0.2) is 30.3 Å². The monoisotopic (exact) mass is 399 g/mol. The summed E-state index contributed by atoms with van der Waals surface area (Å²) in [6.45, 7) is 4.48. The molecule has 0 atom stereocenters. The van der Waals surface area contributed by atoms with Gasteiger partial charge in [0.2, 0.25) is 0 Å². The van der Waals surface area contributed by atoms with Crippen molar-refractivity contribution < 1.29 is 9.90 Å². The number of carboxylic acid groups (broad SMARTS) is 1. The second-order valence-corrected chi connectivity index (χ2v) is 8.65. The minimum Gasteiger partial charge on any atom is -0.465 e. The lowest BCUT2D eigenvalue weighted by Gasteiger charge is -2.44. The Balaban J connectivity index is 2.09. The van der Waals surface area contributed by atoms with Gasteiger partial charge in [0.1, 0.15) is 0 Å². The zero-order chi connectivity index (χ0) is 21.0. The topological polar surface area (TPSA) is 40.5 Å². The lowest BCUT2D eigenvalue weighted by atomic mass is 9.81. The van der Waals surface area contributed by atoms with Crippen molar-refractivity contribution in [2.75, 3.05) is 4.90 Å². The van der Waals surface area contributed by atoms with Gasteiger partial charge in [0.15, 0.2) is 0 Å². The first kappa shape index (κ1) is 23.5. The summed E-state index contributed by atoms with van der Waals surface area (Å²) in [5, 5.41) is 10.2. The fraction of sp³-hybridized carbons (Fsp3) is 0.654. The molecule has 1 amide bonds. The SMILES string of the molecule is CCCCCCCCC1(CCCCCCCC)C=Cc2ccccc2N1C(=O)O. The van der Waals surface area contributed by atoms with Crippen LogP contribution in [0.25, 0.3) is 6.08 Å². The van der Waals surface area contributed by atoms with Gasteiger partial charge in [-0.2, -0.15) is 0 Å². The molecule has 0 aromatic heterocycles. The van der Waals surface area contributed by atoms with Crippen LogP contribution >= 0.6 is 0 Å². The largest absolute Gasteiger partial charge is 0.465 e. The minimum atomic E-state index is -0.821. The Labute approximate surface area is 178 Å². The van der Waals surface area contributed by atoms with Gasteiger partial charge in [0.25, 0.3) is 0 Å². The third kappa shape index (κ3) is 6.90. The molecule has 0 unspecified atom stereocenters. The van der Waals surface area contributed by atoms with Gasteiger partial charge < -0.3 is 5.11 Å². The van der Waals surface area contributed by atoms with Crippen molar-refractivity contribution >= 4 is 17.9 Å². The summed E-state index contributed by atoms with van der Waals surface area (Å²) < 4.78 is 0. The Morgan fingerprint density at radius 1 is 0.828 bits per heavy atom. The van der Waals surface area contributed by atoms with Crippen LogP contribution in [0.1, 0.15) is 109 Å². The van der Waals surface area contributed by atoms with Crippen LogP contribution in [-0.2, 0) is 0 Å². The van der Waals surface area contributed by atoms with E-state index in [1.165, 1.54) is 64.2 Å². The molecule has 3 nitrogen and oxygen atoms in total. The van der Waals surface area contributed by atoms with E-state index >= 15 is 0 Å². The molecule has 29 heavy (non-hydrogen) atoms. The summed E-state index contributed by atoms with van der Waals surface area (Å²) in [5.74, 6) is 0. The van der Waals surface area contributed by atoms with Gasteiger partial charge in [0.05, 0.1) is 11.2 Å². The fourth-order valence-electron chi connectivity index (χ4n) is 4.62. The molecule has 0 fully saturated rings. The first-order chi connectivity index (χ1) is 14.1. The highest BCUT2D eigenvalue weighted by Gasteiger charge is 2.40. The summed E-state index contributed by atoms with van der Waals surface area (Å²) in [6.07, 6.45) is 20.2. The standard InChI is InChI=1S/C26H41NO2/c1-3-5-7-9-11-15-20-26(21-16-12-10-8-6-4-2)22-19-23-17-13-14-18-24(23)27(26)25(28)29/h13-14,17-19,22H,3-12,15-16,20-21H2,1-2H3,(H,28,29). The number of amides is 1. The molecule has 1 aliphatic rings. The predicted molar refractivity (Wildman–Crippen MR) is 125 cm³/mol. The van der Waals surface area contributed by atoms with Crippen molar-refractivity contribution in [2.24, 2.45) is 0 Å². The number of hydrogen-bond acceptors (Lipinski definition) is 1. The lowest BCUT2D eigenvalue weighted by Crippen LogP contribution is -2.52. The third-order valence-corrected chi connectivity index (χ3v) is 6.31. The van der Waals surface area contributed by atoms with Crippen LogP contribution < -0.4 is 4.90 Å². The first-order valence-electron chi connectivity index (χ1n) is 12.0. The molecule has 1 aromatic carbocycles. The maximum absolute atomic E-state index is 12.4. The summed E-state index contributed by atoms with van der Waals surface area (Å²) in [5.41, 5.74) is 1.46. The minimum absolute atomic E-state index is 0.393. The van der Waals surface area contributed by atoms with Gasteiger partial charge in [-0.15, -0.1) is 0 Å². The van der Waals surface area contributed by atoms with E-state index in [4.69, 9.17) is 0 Å². The molecule has 1 heterocycles. The quantitative estimate of drug-likeness (QED) is 0.319. The zero-order valence-electron chi connectivity index (χ0n) is 18.7. The van der Waals surface area contributed by atoms with Gasteiger partial charge in [-0.3, -0.25) is 4.90 Å². The van der Waals surface area contributed by atoms with Gasteiger partial charge >= 0.3 is 6.09 Å². The van der Waals surface area contributed by atoms with Gasteiger partial charge in [-0.1, -0.05) is 121 Å². The Morgan fingerprint density at radius 3 is 1.90 bits per heavy atom. The highest BCUT2D eigenvalue weighted by molar-refractivity contribution is 5.93. The number of carbonyl (C=O) groups is 1. The number of fused-ring (bicyclic) bond motifs is 1. The molecule has 162 valence electrons. The second kappa shape index (κ2) is 12.7. The van der Waals surface area contributed by atoms with E-state index in [-0.39, 0.29) is 0 Å². The zero-order valence-corrected chi connectivity index (χ0v) is 18.7. The van der Waals surface area contributed by atoms with Crippen molar-refractivity contribution in [1.29, 1.82) is 0 Å². The molecule has 1 N–H and O–H groups in total. The maximum Gasteiger partial charge on any atom is 0.412 e. The van der Waals surface area contributed by atoms with Gasteiger partial charge in [0, 0.05) is 0 Å². The van der Waals surface area contributed by atoms with Crippen molar-refractivity contribution in [3.63, 3.8) is 0 Å². The summed E-state index contributed by atoms with van der Waals surface area (Å²) in [7, 11) is 0. The third-order valence-electron chi connectivity index (χ3n) is 6.31. The highest BCUT2D eigenvalue weighted by Crippen LogP contribution is 2.41. The van der Waals surface area contributed by atoms with Crippen LogP contribution in [0, 0.1) is 0 Å². The Bertz CT molecular complexity index is 621. The first-order valence-corrected chi connectivity index (χ1v) is 12.0. The molecular weight excluding hydrogens is 358 g/mol. The molecule has 0 bridgehead atoms. The van der Waals surface area contributed by atoms with Crippen molar-refractivity contribution in [3.05, 3.63) is 35.9 Å². The fourth-order valence-corrected chi connectivity index (χ4v) is 4.62. The van der Waals surface area contributed by atoms with Gasteiger partial charge in [-0.05, 0) is 24.5 Å². The van der Waals surface area contributed by atoms with Crippen LogP contribution in [0.2, 0.25) is 0 Å². The second-order valence-electron chi connectivity index (χ2n) is 8.65. The molecule has 0 radical (unpaired) electrons. The van der Waals surface area contributed by atoms with E-state index in [0.717, 1.165) is 36.9 Å². The normalized spacial score (nSPS) is 14.8. The molecule has 0 aliphatic carbocycles. The molecule has 0 saturated heterocycles. The molecule has 3 heteroatoms. The Kier molecular flexibility index (Phi) is 10.3.